The first-order valence-corrected chi connectivity index (χ1v) is 9.70. The van der Waals surface area contributed by atoms with Gasteiger partial charge in [-0.25, -0.2) is 0 Å². The van der Waals surface area contributed by atoms with Crippen LogP contribution in [-0.2, 0) is 4.74 Å². The van der Waals surface area contributed by atoms with Crippen molar-refractivity contribution in [3.05, 3.63) is 28.8 Å². The molecule has 2 heterocycles. The SMILES string of the molecule is COc1ccc(Cl)cc1C(=O)NCC1(N2CCOCC2)CCSC1. The van der Waals surface area contributed by atoms with Gasteiger partial charge in [-0.15, -0.1) is 0 Å². The van der Waals surface area contributed by atoms with Gasteiger partial charge in [-0.1, -0.05) is 11.6 Å². The van der Waals surface area contributed by atoms with E-state index in [-0.39, 0.29) is 11.4 Å². The minimum atomic E-state index is -0.140. The molecule has 1 aromatic rings. The smallest absolute Gasteiger partial charge is 0.255 e. The summed E-state index contributed by atoms with van der Waals surface area (Å²) in [6.07, 6.45) is 1.09. The van der Waals surface area contributed by atoms with E-state index in [9.17, 15) is 4.79 Å². The number of rotatable bonds is 5. The number of morpholine rings is 1. The fraction of sp³-hybridized carbons (Fsp3) is 0.588. The van der Waals surface area contributed by atoms with E-state index in [1.54, 1.807) is 25.3 Å². The second kappa shape index (κ2) is 7.95. The van der Waals surface area contributed by atoms with Crippen molar-refractivity contribution >= 4 is 29.3 Å². The molecule has 0 bridgehead atoms. The maximum Gasteiger partial charge on any atom is 0.255 e. The number of nitrogens with one attached hydrogen (secondary N) is 1. The quantitative estimate of drug-likeness (QED) is 0.861. The number of amides is 1. The van der Waals surface area contributed by atoms with Crippen LogP contribution in [0.5, 0.6) is 5.75 Å². The van der Waals surface area contributed by atoms with Crippen molar-refractivity contribution in [2.75, 3.05) is 51.5 Å². The number of halogens is 1. The van der Waals surface area contributed by atoms with Gasteiger partial charge in [0.2, 0.25) is 0 Å². The molecule has 0 saturated carbocycles. The molecular formula is C17H23ClN2O3S. The van der Waals surface area contributed by atoms with E-state index in [2.05, 4.69) is 10.2 Å². The molecule has 3 rings (SSSR count). The van der Waals surface area contributed by atoms with E-state index in [4.69, 9.17) is 21.1 Å². The predicted octanol–water partition coefficient (Wildman–Crippen LogP) is 2.29. The molecule has 2 aliphatic heterocycles. The Balaban J connectivity index is 1.71. The Morgan fingerprint density at radius 1 is 1.46 bits per heavy atom. The fourth-order valence-corrected chi connectivity index (χ4v) is 4.98. The summed E-state index contributed by atoms with van der Waals surface area (Å²) >= 11 is 7.99. The maximum atomic E-state index is 12.7. The largest absolute Gasteiger partial charge is 0.496 e. The first-order valence-electron chi connectivity index (χ1n) is 8.17. The van der Waals surface area contributed by atoms with Crippen LogP contribution in [-0.4, -0.2) is 67.8 Å². The third-order valence-electron chi connectivity index (χ3n) is 4.75. The van der Waals surface area contributed by atoms with Crippen LogP contribution in [0.2, 0.25) is 5.02 Å². The van der Waals surface area contributed by atoms with Crippen LogP contribution in [0.4, 0.5) is 0 Å². The molecular weight excluding hydrogens is 348 g/mol. The highest BCUT2D eigenvalue weighted by atomic mass is 35.5. The lowest BCUT2D eigenvalue weighted by molar-refractivity contribution is -0.0129. The predicted molar refractivity (Wildman–Crippen MR) is 97.4 cm³/mol. The van der Waals surface area contributed by atoms with Crippen LogP contribution in [0.15, 0.2) is 18.2 Å². The van der Waals surface area contributed by atoms with Gasteiger partial charge >= 0.3 is 0 Å². The second-order valence-electron chi connectivity index (χ2n) is 6.15. The van der Waals surface area contributed by atoms with Gasteiger partial charge in [0.1, 0.15) is 5.75 Å². The molecule has 1 amide bonds. The molecule has 0 radical (unpaired) electrons. The highest BCUT2D eigenvalue weighted by Gasteiger charge is 2.41. The van der Waals surface area contributed by atoms with Gasteiger partial charge in [0.05, 0.1) is 25.9 Å². The molecule has 0 aromatic heterocycles. The summed E-state index contributed by atoms with van der Waals surface area (Å²) in [6, 6.07) is 5.10. The number of methoxy groups -OCH3 is 1. The maximum absolute atomic E-state index is 12.7. The van der Waals surface area contributed by atoms with E-state index >= 15 is 0 Å². The first kappa shape index (κ1) is 17.9. The number of ether oxygens (including phenoxy) is 2. The molecule has 2 aliphatic rings. The summed E-state index contributed by atoms with van der Waals surface area (Å²) in [7, 11) is 1.56. The molecule has 1 aromatic carbocycles. The molecule has 0 aliphatic carbocycles. The van der Waals surface area contributed by atoms with Crippen molar-refractivity contribution in [2.45, 2.75) is 12.0 Å². The van der Waals surface area contributed by atoms with Gasteiger partial charge in [0, 0.05) is 35.9 Å². The molecule has 1 atom stereocenters. The molecule has 2 fully saturated rings. The van der Waals surface area contributed by atoms with E-state index < -0.39 is 0 Å². The molecule has 1 unspecified atom stereocenters. The average molecular weight is 371 g/mol. The molecule has 5 nitrogen and oxygen atoms in total. The Bertz CT molecular complexity index is 587. The van der Waals surface area contributed by atoms with Crippen LogP contribution >= 0.6 is 23.4 Å². The van der Waals surface area contributed by atoms with E-state index in [0.717, 1.165) is 44.2 Å². The number of thioether (sulfide) groups is 1. The molecule has 1 N–H and O–H groups in total. The third kappa shape index (κ3) is 3.82. The zero-order chi connectivity index (χ0) is 17.0. The Hall–Kier alpha value is -0.950. The van der Waals surface area contributed by atoms with Crippen LogP contribution in [0.1, 0.15) is 16.8 Å². The summed E-state index contributed by atoms with van der Waals surface area (Å²) in [5.41, 5.74) is 0.503. The summed E-state index contributed by atoms with van der Waals surface area (Å²) in [5.74, 6) is 2.57. The summed E-state index contributed by atoms with van der Waals surface area (Å²) in [6.45, 7) is 4.02. The number of carbonyl (C=O) groups excluding carboxylic acids is 1. The summed E-state index contributed by atoms with van der Waals surface area (Å²) < 4.78 is 10.8. The van der Waals surface area contributed by atoms with Crippen LogP contribution in [0, 0.1) is 0 Å². The van der Waals surface area contributed by atoms with Gasteiger partial charge in [-0.05, 0) is 30.4 Å². The van der Waals surface area contributed by atoms with E-state index in [0.29, 0.717) is 22.9 Å². The van der Waals surface area contributed by atoms with Crippen molar-refractivity contribution in [3.63, 3.8) is 0 Å². The lowest BCUT2D eigenvalue weighted by Gasteiger charge is -2.43. The number of benzene rings is 1. The van der Waals surface area contributed by atoms with Crippen molar-refractivity contribution < 1.29 is 14.3 Å². The monoisotopic (exact) mass is 370 g/mol. The topological polar surface area (TPSA) is 50.8 Å². The summed E-state index contributed by atoms with van der Waals surface area (Å²) in [4.78, 5) is 15.1. The lowest BCUT2D eigenvalue weighted by Crippen LogP contribution is -2.59. The molecule has 7 heteroatoms. The second-order valence-corrected chi connectivity index (χ2v) is 7.70. The lowest BCUT2D eigenvalue weighted by atomic mass is 9.95. The van der Waals surface area contributed by atoms with Crippen molar-refractivity contribution in [1.82, 2.24) is 10.2 Å². The van der Waals surface area contributed by atoms with Crippen molar-refractivity contribution in [3.8, 4) is 5.75 Å². The fourth-order valence-electron chi connectivity index (χ4n) is 3.33. The number of hydrogen-bond acceptors (Lipinski definition) is 5. The minimum absolute atomic E-state index is 0.0237. The molecule has 24 heavy (non-hydrogen) atoms. The van der Waals surface area contributed by atoms with Crippen molar-refractivity contribution in [2.24, 2.45) is 0 Å². The Morgan fingerprint density at radius 2 is 2.25 bits per heavy atom. The van der Waals surface area contributed by atoms with Crippen LogP contribution in [0.25, 0.3) is 0 Å². The van der Waals surface area contributed by atoms with E-state index in [1.807, 2.05) is 11.8 Å². The van der Waals surface area contributed by atoms with Gasteiger partial charge in [0.25, 0.3) is 5.91 Å². The minimum Gasteiger partial charge on any atom is -0.496 e. The van der Waals surface area contributed by atoms with Crippen LogP contribution in [0.3, 0.4) is 0 Å². The Kier molecular flexibility index (Phi) is 5.92. The average Bonchev–Trinajstić information content (AvgIpc) is 3.10. The first-order chi connectivity index (χ1) is 11.6. The highest BCUT2D eigenvalue weighted by molar-refractivity contribution is 7.99. The van der Waals surface area contributed by atoms with Crippen molar-refractivity contribution in [1.29, 1.82) is 0 Å². The zero-order valence-corrected chi connectivity index (χ0v) is 15.4. The third-order valence-corrected chi connectivity index (χ3v) is 6.22. The van der Waals surface area contributed by atoms with Gasteiger partial charge in [-0.2, -0.15) is 11.8 Å². The Morgan fingerprint density at radius 3 is 2.92 bits per heavy atom. The summed E-state index contributed by atoms with van der Waals surface area (Å²) in [5, 5.41) is 3.64. The molecule has 0 spiro atoms. The van der Waals surface area contributed by atoms with E-state index in [1.165, 1.54) is 0 Å². The zero-order valence-electron chi connectivity index (χ0n) is 13.8. The number of carbonyl (C=O) groups is 1. The van der Waals surface area contributed by atoms with Gasteiger partial charge < -0.3 is 14.8 Å². The van der Waals surface area contributed by atoms with Gasteiger partial charge in [-0.3, -0.25) is 9.69 Å². The number of hydrogen-bond donors (Lipinski definition) is 1. The van der Waals surface area contributed by atoms with Gasteiger partial charge in [0.15, 0.2) is 0 Å². The number of nitrogens with zero attached hydrogens (tertiary/aromatic N) is 1. The Labute approximate surface area is 152 Å². The molecule has 132 valence electrons. The normalized spacial score (nSPS) is 24.8. The van der Waals surface area contributed by atoms with Crippen LogP contribution < -0.4 is 10.1 Å². The highest BCUT2D eigenvalue weighted by Crippen LogP contribution is 2.34. The standard InChI is InChI=1S/C17H23ClN2O3S/c1-22-15-3-2-13(18)10-14(15)16(21)19-11-17(4-9-24-12-17)20-5-7-23-8-6-20/h2-3,10H,4-9,11-12H2,1H3,(H,19,21). The molecule has 2 saturated heterocycles.